The summed E-state index contributed by atoms with van der Waals surface area (Å²) in [7, 11) is 0. The van der Waals surface area contributed by atoms with Crippen molar-refractivity contribution in [1.82, 2.24) is 4.98 Å². The molecule has 0 amide bonds. The highest BCUT2D eigenvalue weighted by molar-refractivity contribution is 6.00. The third kappa shape index (κ3) is 2.13. The maximum absolute atomic E-state index is 11.8. The Kier molecular flexibility index (Phi) is 2.81. The van der Waals surface area contributed by atoms with Crippen LogP contribution in [0.1, 0.15) is 33.6 Å². The van der Waals surface area contributed by atoms with Gasteiger partial charge < -0.3 is 0 Å². The summed E-state index contributed by atoms with van der Waals surface area (Å²) in [5.41, 5.74) is 5.45. The van der Waals surface area contributed by atoms with Crippen LogP contribution in [0.2, 0.25) is 0 Å². The molecule has 2 nitrogen and oxygen atoms in total. The fourth-order valence-electron chi connectivity index (χ4n) is 3.13. The number of ketones is 1. The number of carbonyl (C=O) groups is 1. The van der Waals surface area contributed by atoms with Crippen LogP contribution in [0, 0.1) is 0 Å². The number of pyridine rings is 1. The summed E-state index contributed by atoms with van der Waals surface area (Å²) >= 11 is 0. The van der Waals surface area contributed by atoms with Gasteiger partial charge in [-0.25, -0.2) is 0 Å². The van der Waals surface area contributed by atoms with Gasteiger partial charge in [0.05, 0.1) is 5.52 Å². The quantitative estimate of drug-likeness (QED) is 0.707. The van der Waals surface area contributed by atoms with Crippen molar-refractivity contribution in [1.29, 1.82) is 0 Å². The molecule has 0 spiro atoms. The van der Waals surface area contributed by atoms with Gasteiger partial charge in [-0.3, -0.25) is 9.78 Å². The van der Waals surface area contributed by atoms with Crippen molar-refractivity contribution in [3.63, 3.8) is 0 Å². The molecule has 0 saturated carbocycles. The van der Waals surface area contributed by atoms with Crippen LogP contribution >= 0.6 is 0 Å². The Morgan fingerprint density at radius 2 is 1.81 bits per heavy atom. The van der Waals surface area contributed by atoms with Crippen LogP contribution in [0.4, 0.5) is 0 Å². The third-order valence-electron chi connectivity index (χ3n) is 4.20. The lowest BCUT2D eigenvalue weighted by molar-refractivity contribution is 0.0994. The highest BCUT2D eigenvalue weighted by Crippen LogP contribution is 2.27. The number of benzene rings is 2. The molecule has 0 atom stereocenters. The first kappa shape index (κ1) is 12.3. The molecule has 102 valence electrons. The normalized spacial score (nSPS) is 13.6. The van der Waals surface area contributed by atoms with Crippen LogP contribution in [0.25, 0.3) is 10.9 Å². The smallest absolute Gasteiger partial charge is 0.163 e. The molecule has 0 N–H and O–H groups in total. The third-order valence-corrected chi connectivity index (χ3v) is 4.20. The van der Waals surface area contributed by atoms with Crippen molar-refractivity contribution in [2.45, 2.75) is 19.3 Å². The second-order valence-corrected chi connectivity index (χ2v) is 5.54. The van der Waals surface area contributed by atoms with Gasteiger partial charge in [-0.05, 0) is 29.7 Å². The largest absolute Gasteiger partial charge is 0.294 e. The number of Topliss-reactive ketones (excluding diaryl/α,β-unsaturated/α-hetero) is 1. The van der Waals surface area contributed by atoms with Crippen LogP contribution < -0.4 is 0 Å². The first-order chi connectivity index (χ1) is 10.3. The number of hydrogen-bond donors (Lipinski definition) is 0. The lowest BCUT2D eigenvalue weighted by atomic mass is 9.99. The topological polar surface area (TPSA) is 30.0 Å². The van der Waals surface area contributed by atoms with Gasteiger partial charge >= 0.3 is 0 Å². The molecule has 0 radical (unpaired) electrons. The Hall–Kier alpha value is -2.48. The predicted octanol–water partition coefficient (Wildman–Crippen LogP) is 3.95. The van der Waals surface area contributed by atoms with E-state index in [1.807, 2.05) is 30.3 Å². The standard InChI is InChI=1S/C19H15NO/c21-19-11-10-16-14(5-3-6-17(16)19)12-15-9-8-13-4-1-2-7-18(13)20-15/h1-9H,10-12H2. The average molecular weight is 273 g/mol. The summed E-state index contributed by atoms with van der Waals surface area (Å²) in [4.78, 5) is 16.6. The zero-order valence-electron chi connectivity index (χ0n) is 11.7. The molecule has 1 aliphatic rings. The summed E-state index contributed by atoms with van der Waals surface area (Å²) in [6.45, 7) is 0. The molecular formula is C19H15NO. The molecule has 1 aromatic heterocycles. The molecule has 0 aliphatic heterocycles. The van der Waals surface area contributed by atoms with E-state index in [1.165, 1.54) is 11.1 Å². The SMILES string of the molecule is O=C1CCc2c(Cc3ccc4ccccc4n3)cccc21. The van der Waals surface area contributed by atoms with E-state index in [2.05, 4.69) is 24.3 Å². The zero-order chi connectivity index (χ0) is 14.2. The van der Waals surface area contributed by atoms with Gasteiger partial charge in [0.25, 0.3) is 0 Å². The van der Waals surface area contributed by atoms with E-state index in [0.717, 1.165) is 35.0 Å². The Morgan fingerprint density at radius 1 is 0.905 bits per heavy atom. The predicted molar refractivity (Wildman–Crippen MR) is 83.6 cm³/mol. The molecule has 0 fully saturated rings. The number of rotatable bonds is 2. The summed E-state index contributed by atoms with van der Waals surface area (Å²) in [5, 5.41) is 1.16. The summed E-state index contributed by atoms with van der Waals surface area (Å²) in [6, 6.07) is 18.4. The molecule has 0 saturated heterocycles. The minimum Gasteiger partial charge on any atom is -0.294 e. The fraction of sp³-hybridized carbons (Fsp3) is 0.158. The number of hydrogen-bond acceptors (Lipinski definition) is 2. The number of fused-ring (bicyclic) bond motifs is 2. The maximum atomic E-state index is 11.8. The second-order valence-electron chi connectivity index (χ2n) is 5.54. The highest BCUT2D eigenvalue weighted by atomic mass is 16.1. The van der Waals surface area contributed by atoms with Crippen molar-refractivity contribution in [3.05, 3.63) is 77.0 Å². The van der Waals surface area contributed by atoms with Gasteiger partial charge in [0.15, 0.2) is 5.78 Å². The van der Waals surface area contributed by atoms with Crippen molar-refractivity contribution >= 4 is 16.7 Å². The molecule has 4 rings (SSSR count). The number of aromatic nitrogens is 1. The van der Waals surface area contributed by atoms with Gasteiger partial charge in [0, 0.05) is 29.5 Å². The molecule has 0 bridgehead atoms. The molecule has 1 aliphatic carbocycles. The fourth-order valence-corrected chi connectivity index (χ4v) is 3.13. The minimum absolute atomic E-state index is 0.276. The monoisotopic (exact) mass is 273 g/mol. The molecule has 0 unspecified atom stereocenters. The molecular weight excluding hydrogens is 258 g/mol. The van der Waals surface area contributed by atoms with Crippen LogP contribution in [-0.4, -0.2) is 10.8 Å². The average Bonchev–Trinajstić information content (AvgIpc) is 2.90. The zero-order valence-corrected chi connectivity index (χ0v) is 11.7. The Labute approximate surface area is 123 Å². The van der Waals surface area contributed by atoms with E-state index in [9.17, 15) is 4.79 Å². The summed E-state index contributed by atoms with van der Waals surface area (Å²) in [5.74, 6) is 0.276. The van der Waals surface area contributed by atoms with Crippen LogP contribution in [0.5, 0.6) is 0 Å². The van der Waals surface area contributed by atoms with Gasteiger partial charge in [-0.15, -0.1) is 0 Å². The van der Waals surface area contributed by atoms with Crippen molar-refractivity contribution in [2.75, 3.05) is 0 Å². The number of para-hydroxylation sites is 1. The van der Waals surface area contributed by atoms with E-state index in [1.54, 1.807) is 0 Å². The first-order valence-electron chi connectivity index (χ1n) is 7.30. The molecule has 1 heterocycles. The highest BCUT2D eigenvalue weighted by Gasteiger charge is 2.21. The van der Waals surface area contributed by atoms with Gasteiger partial charge in [-0.2, -0.15) is 0 Å². The van der Waals surface area contributed by atoms with Crippen LogP contribution in [0.3, 0.4) is 0 Å². The van der Waals surface area contributed by atoms with Gasteiger partial charge in [0.1, 0.15) is 0 Å². The Morgan fingerprint density at radius 3 is 2.76 bits per heavy atom. The van der Waals surface area contributed by atoms with Gasteiger partial charge in [-0.1, -0.05) is 42.5 Å². The molecule has 3 aromatic rings. The first-order valence-corrected chi connectivity index (χ1v) is 7.30. The van der Waals surface area contributed by atoms with Crippen LogP contribution in [0.15, 0.2) is 54.6 Å². The lowest BCUT2D eigenvalue weighted by Gasteiger charge is -2.08. The molecule has 2 heteroatoms. The van der Waals surface area contributed by atoms with E-state index in [0.29, 0.717) is 6.42 Å². The number of carbonyl (C=O) groups excluding carboxylic acids is 1. The van der Waals surface area contributed by atoms with Crippen LogP contribution in [-0.2, 0) is 12.8 Å². The van der Waals surface area contributed by atoms with Crippen molar-refractivity contribution in [3.8, 4) is 0 Å². The lowest BCUT2D eigenvalue weighted by Crippen LogP contribution is -1.98. The Balaban J connectivity index is 1.74. The van der Waals surface area contributed by atoms with Gasteiger partial charge in [0.2, 0.25) is 0 Å². The summed E-state index contributed by atoms with van der Waals surface area (Å²) < 4.78 is 0. The van der Waals surface area contributed by atoms with E-state index in [4.69, 9.17) is 4.98 Å². The van der Waals surface area contributed by atoms with Crippen molar-refractivity contribution in [2.24, 2.45) is 0 Å². The maximum Gasteiger partial charge on any atom is 0.163 e. The van der Waals surface area contributed by atoms with Crippen molar-refractivity contribution < 1.29 is 4.79 Å². The second kappa shape index (κ2) is 4.81. The van der Waals surface area contributed by atoms with E-state index < -0.39 is 0 Å². The Bertz CT molecular complexity index is 851. The minimum atomic E-state index is 0.276. The van der Waals surface area contributed by atoms with E-state index in [-0.39, 0.29) is 5.78 Å². The molecule has 2 aromatic carbocycles. The van der Waals surface area contributed by atoms with E-state index >= 15 is 0 Å². The summed E-state index contributed by atoms with van der Waals surface area (Å²) in [6.07, 6.45) is 2.32. The number of nitrogens with zero attached hydrogens (tertiary/aromatic N) is 1. The molecule has 21 heavy (non-hydrogen) atoms.